The van der Waals surface area contributed by atoms with E-state index >= 15 is 0 Å². The molecule has 1 aliphatic carbocycles. The first-order chi connectivity index (χ1) is 9.61. The van der Waals surface area contributed by atoms with Crippen molar-refractivity contribution < 1.29 is 13.0 Å². The first kappa shape index (κ1) is 13.9. The fourth-order valence-electron chi connectivity index (χ4n) is 2.63. The molecule has 0 bridgehead atoms. The summed E-state index contributed by atoms with van der Waals surface area (Å²) in [6.07, 6.45) is 5.23. The Labute approximate surface area is 122 Å². The van der Waals surface area contributed by atoms with Gasteiger partial charge in [-0.1, -0.05) is 23.8 Å². The molecule has 8 heteroatoms. The molecule has 0 fully saturated rings. The summed E-state index contributed by atoms with van der Waals surface area (Å²) in [4.78, 5) is 3.87. The number of aromatic nitrogens is 3. The van der Waals surface area contributed by atoms with Crippen molar-refractivity contribution in [2.45, 2.75) is 30.2 Å². The predicted octanol–water partition coefficient (Wildman–Crippen LogP) is 2.97. The number of halogens is 3. The maximum absolute atomic E-state index is 14.0. The molecule has 0 aromatic carbocycles. The second kappa shape index (κ2) is 5.37. The SMILES string of the molecule is O=[S@@](CF)c1nc2n(n1)[C@H](C1CC=CC=C1Cl)C[C@@H]2F. The Morgan fingerprint density at radius 2 is 2.35 bits per heavy atom. The van der Waals surface area contributed by atoms with Gasteiger partial charge < -0.3 is 0 Å². The predicted molar refractivity (Wildman–Crippen MR) is 71.1 cm³/mol. The van der Waals surface area contributed by atoms with Crippen LogP contribution in [-0.2, 0) is 10.8 Å². The zero-order valence-corrected chi connectivity index (χ0v) is 11.9. The normalized spacial score (nSPS) is 30.1. The van der Waals surface area contributed by atoms with Gasteiger partial charge in [-0.05, 0) is 12.5 Å². The van der Waals surface area contributed by atoms with Gasteiger partial charge in [0.2, 0.25) is 5.16 Å². The van der Waals surface area contributed by atoms with Crippen LogP contribution in [0.4, 0.5) is 8.78 Å². The highest BCUT2D eigenvalue weighted by Gasteiger charge is 2.40. The molecule has 20 heavy (non-hydrogen) atoms. The summed E-state index contributed by atoms with van der Waals surface area (Å²) in [6.45, 7) is 0. The molecular formula is C12H12ClF2N3OS. The van der Waals surface area contributed by atoms with E-state index in [4.69, 9.17) is 11.6 Å². The van der Waals surface area contributed by atoms with Crippen molar-refractivity contribution in [3.8, 4) is 0 Å². The molecule has 0 amide bonds. The summed E-state index contributed by atoms with van der Waals surface area (Å²) < 4.78 is 39.3. The molecule has 0 saturated heterocycles. The number of nitrogens with zero attached hydrogens (tertiary/aromatic N) is 3. The quantitative estimate of drug-likeness (QED) is 0.860. The molecule has 0 radical (unpaired) electrons. The van der Waals surface area contributed by atoms with Gasteiger partial charge in [0.25, 0.3) is 0 Å². The summed E-state index contributed by atoms with van der Waals surface area (Å²) in [6, 6.07) is -1.34. The minimum atomic E-state index is -1.93. The second-order valence-corrected chi connectivity index (χ2v) is 6.46. The van der Waals surface area contributed by atoms with E-state index in [1.54, 1.807) is 6.08 Å². The fraction of sp³-hybridized carbons (Fsp3) is 0.500. The van der Waals surface area contributed by atoms with Gasteiger partial charge in [0.1, 0.15) is 10.8 Å². The molecule has 4 atom stereocenters. The molecule has 2 aliphatic rings. The van der Waals surface area contributed by atoms with Crippen molar-refractivity contribution in [1.29, 1.82) is 0 Å². The number of alkyl halides is 2. The van der Waals surface area contributed by atoms with Crippen LogP contribution in [0.25, 0.3) is 0 Å². The van der Waals surface area contributed by atoms with Gasteiger partial charge in [-0.15, -0.1) is 5.10 Å². The number of rotatable bonds is 3. The highest BCUT2D eigenvalue weighted by molar-refractivity contribution is 7.84. The van der Waals surface area contributed by atoms with E-state index in [1.807, 2.05) is 12.2 Å². The molecule has 108 valence electrons. The Balaban J connectivity index is 1.94. The molecule has 0 N–H and O–H groups in total. The van der Waals surface area contributed by atoms with Crippen LogP contribution >= 0.6 is 11.6 Å². The van der Waals surface area contributed by atoms with Gasteiger partial charge in [0.15, 0.2) is 18.0 Å². The molecule has 0 saturated carbocycles. The molecule has 0 spiro atoms. The van der Waals surface area contributed by atoms with Crippen molar-refractivity contribution >= 4 is 22.4 Å². The number of fused-ring (bicyclic) bond motifs is 1. The Hall–Kier alpha value is -1.08. The topological polar surface area (TPSA) is 47.8 Å². The van der Waals surface area contributed by atoms with Crippen molar-refractivity contribution in [2.75, 3.05) is 6.01 Å². The van der Waals surface area contributed by atoms with E-state index in [1.165, 1.54) is 4.68 Å². The van der Waals surface area contributed by atoms with Crippen LogP contribution < -0.4 is 0 Å². The summed E-state index contributed by atoms with van der Waals surface area (Å²) >= 11 is 6.18. The largest absolute Gasteiger partial charge is 0.248 e. The molecule has 3 rings (SSSR count). The number of hydrogen-bond acceptors (Lipinski definition) is 3. The lowest BCUT2D eigenvalue weighted by Crippen LogP contribution is -2.19. The molecule has 1 aromatic heterocycles. The van der Waals surface area contributed by atoms with Crippen LogP contribution in [0.2, 0.25) is 0 Å². The van der Waals surface area contributed by atoms with Crippen LogP contribution in [0.15, 0.2) is 28.4 Å². The Bertz CT molecular complexity index is 616. The van der Waals surface area contributed by atoms with E-state index in [0.29, 0.717) is 11.5 Å². The Kier molecular flexibility index (Phi) is 3.72. The lowest BCUT2D eigenvalue weighted by atomic mass is 9.91. The van der Waals surface area contributed by atoms with Gasteiger partial charge >= 0.3 is 0 Å². The van der Waals surface area contributed by atoms with E-state index in [0.717, 1.165) is 0 Å². The molecular weight excluding hydrogens is 308 g/mol. The highest BCUT2D eigenvalue weighted by Crippen LogP contribution is 2.45. The van der Waals surface area contributed by atoms with E-state index in [9.17, 15) is 13.0 Å². The van der Waals surface area contributed by atoms with Crippen molar-refractivity contribution in [2.24, 2.45) is 5.92 Å². The number of hydrogen-bond donors (Lipinski definition) is 0. The highest BCUT2D eigenvalue weighted by atomic mass is 35.5. The van der Waals surface area contributed by atoms with Gasteiger partial charge in [-0.25, -0.2) is 22.7 Å². The van der Waals surface area contributed by atoms with E-state index in [2.05, 4.69) is 10.1 Å². The van der Waals surface area contributed by atoms with Gasteiger partial charge in [-0.2, -0.15) is 0 Å². The number of allylic oxidation sites excluding steroid dienone is 4. The molecule has 1 aromatic rings. The van der Waals surface area contributed by atoms with Crippen LogP contribution in [0.1, 0.15) is 30.9 Å². The standard InChI is InChI=1S/C12H12ClF2N3OS/c13-8-4-2-1-3-7(8)10-5-9(15)11-16-12(17-18(10)11)20(19)6-14/h1-2,4,7,9-10H,3,5-6H2/t7?,9-,10-,20-/m0/s1. The van der Waals surface area contributed by atoms with Gasteiger partial charge in [-0.3, -0.25) is 0 Å². The van der Waals surface area contributed by atoms with Crippen LogP contribution in [0.5, 0.6) is 0 Å². The van der Waals surface area contributed by atoms with Crippen molar-refractivity contribution in [3.63, 3.8) is 0 Å². The molecule has 4 nitrogen and oxygen atoms in total. The van der Waals surface area contributed by atoms with Crippen LogP contribution in [-0.4, -0.2) is 25.0 Å². The summed E-state index contributed by atoms with van der Waals surface area (Å²) in [5.74, 6) is 0.0420. The Morgan fingerprint density at radius 3 is 3.05 bits per heavy atom. The third kappa shape index (κ3) is 2.22. The summed E-state index contributed by atoms with van der Waals surface area (Å²) in [7, 11) is -1.93. The van der Waals surface area contributed by atoms with Crippen LogP contribution in [0.3, 0.4) is 0 Å². The Morgan fingerprint density at radius 1 is 1.55 bits per heavy atom. The monoisotopic (exact) mass is 319 g/mol. The van der Waals surface area contributed by atoms with Gasteiger partial charge in [0.05, 0.1) is 6.04 Å². The third-order valence-electron chi connectivity index (χ3n) is 3.58. The maximum Gasteiger partial charge on any atom is 0.241 e. The smallest absolute Gasteiger partial charge is 0.241 e. The average Bonchev–Trinajstić information content (AvgIpc) is 3.00. The van der Waals surface area contributed by atoms with Gasteiger partial charge in [0, 0.05) is 17.4 Å². The first-order valence-corrected chi connectivity index (χ1v) is 7.88. The zero-order valence-electron chi connectivity index (χ0n) is 10.4. The second-order valence-electron chi connectivity index (χ2n) is 4.74. The van der Waals surface area contributed by atoms with E-state index < -0.39 is 23.0 Å². The fourth-order valence-corrected chi connectivity index (χ4v) is 3.41. The zero-order chi connectivity index (χ0) is 14.3. The lowest BCUT2D eigenvalue weighted by molar-refractivity contribution is 0.287. The lowest BCUT2D eigenvalue weighted by Gasteiger charge is -2.24. The molecule has 1 aliphatic heterocycles. The first-order valence-electron chi connectivity index (χ1n) is 6.19. The van der Waals surface area contributed by atoms with Crippen molar-refractivity contribution in [3.05, 3.63) is 29.1 Å². The van der Waals surface area contributed by atoms with E-state index in [-0.39, 0.29) is 29.4 Å². The molecule has 2 heterocycles. The van der Waals surface area contributed by atoms with Crippen molar-refractivity contribution in [1.82, 2.24) is 14.8 Å². The molecule has 1 unspecified atom stereocenters. The maximum atomic E-state index is 14.0. The summed E-state index contributed by atoms with van der Waals surface area (Å²) in [5, 5.41) is 4.51. The minimum absolute atomic E-state index is 0.0745. The van der Waals surface area contributed by atoms with Crippen LogP contribution in [0, 0.1) is 5.92 Å². The third-order valence-corrected chi connectivity index (χ3v) is 4.77. The minimum Gasteiger partial charge on any atom is -0.248 e. The average molecular weight is 320 g/mol. The summed E-state index contributed by atoms with van der Waals surface area (Å²) in [5.41, 5.74) is 0.